The van der Waals surface area contributed by atoms with Gasteiger partial charge in [0.05, 0.1) is 12.4 Å². The van der Waals surface area contributed by atoms with Gasteiger partial charge in [-0.2, -0.15) is 15.0 Å². The van der Waals surface area contributed by atoms with E-state index in [0.29, 0.717) is 6.61 Å². The number of aromatic nitrogens is 3. The van der Waals surface area contributed by atoms with Crippen LogP contribution < -0.4 is 26.5 Å². The first-order valence-corrected chi connectivity index (χ1v) is 7.26. The van der Waals surface area contributed by atoms with Crippen molar-refractivity contribution in [2.45, 2.75) is 13.3 Å². The fourth-order valence-corrected chi connectivity index (χ4v) is 1.45. The Morgan fingerprint density at radius 3 is 2.53 bits per heavy atom. The molecular weight excluding hydrogens is 274 g/mol. The van der Waals surface area contributed by atoms with E-state index >= 15 is 0 Å². The topological polar surface area (TPSA) is 158 Å². The number of ether oxygens (including phenoxy) is 1. The maximum Gasteiger partial charge on any atom is 0.323 e. The summed E-state index contributed by atoms with van der Waals surface area (Å²) in [4.78, 5) is 11.7. The van der Waals surface area contributed by atoms with E-state index in [1.54, 1.807) is 0 Å². The van der Waals surface area contributed by atoms with Gasteiger partial charge in [0.2, 0.25) is 21.9 Å². The molecule has 1 aromatic heterocycles. The molecule has 108 valence electrons. The van der Waals surface area contributed by atoms with E-state index in [4.69, 9.17) is 15.7 Å². The molecule has 0 aromatic carbocycles. The summed E-state index contributed by atoms with van der Waals surface area (Å²) >= 11 is 0. The van der Waals surface area contributed by atoms with Gasteiger partial charge in [0, 0.05) is 6.54 Å². The molecule has 6 N–H and O–H groups in total. The van der Waals surface area contributed by atoms with E-state index < -0.39 is 10.0 Å². The molecule has 0 fully saturated rings. The molecule has 0 aliphatic rings. The lowest BCUT2D eigenvalue weighted by molar-refractivity contribution is 0.292. The summed E-state index contributed by atoms with van der Waals surface area (Å²) in [6.07, 6.45) is 0.797. The second kappa shape index (κ2) is 7.01. The van der Waals surface area contributed by atoms with E-state index in [2.05, 4.69) is 25.7 Å². The Kier molecular flexibility index (Phi) is 5.66. The molecule has 1 aromatic rings. The van der Waals surface area contributed by atoms with Gasteiger partial charge < -0.3 is 10.1 Å². The third-order valence-electron chi connectivity index (χ3n) is 1.85. The maximum atomic E-state index is 10.8. The molecule has 11 heteroatoms. The molecule has 0 aliphatic carbocycles. The molecule has 19 heavy (non-hydrogen) atoms. The van der Waals surface area contributed by atoms with Crippen molar-refractivity contribution in [1.82, 2.24) is 15.0 Å². The first kappa shape index (κ1) is 15.3. The monoisotopic (exact) mass is 291 g/mol. The number of rotatable bonds is 8. The van der Waals surface area contributed by atoms with Crippen LogP contribution in [-0.2, 0) is 10.0 Å². The van der Waals surface area contributed by atoms with Crippen LogP contribution in [0.25, 0.3) is 0 Å². The second-order valence-corrected chi connectivity index (χ2v) is 5.29. The van der Waals surface area contributed by atoms with Gasteiger partial charge in [0.1, 0.15) is 0 Å². The Hall–Kier alpha value is -1.72. The number of sulfonamides is 1. The highest BCUT2D eigenvalue weighted by atomic mass is 32.2. The molecule has 10 nitrogen and oxygen atoms in total. The number of nitrogens with two attached hydrogens (primary N) is 2. The number of primary sulfonamides is 1. The van der Waals surface area contributed by atoms with E-state index in [0.717, 1.165) is 6.42 Å². The van der Waals surface area contributed by atoms with Crippen LogP contribution >= 0.6 is 0 Å². The Bertz CT molecular complexity index is 507. The third-order valence-corrected chi connectivity index (χ3v) is 2.62. The zero-order valence-electron chi connectivity index (χ0n) is 10.5. The molecule has 0 spiro atoms. The average molecular weight is 291 g/mol. The summed E-state index contributed by atoms with van der Waals surface area (Å²) in [6, 6.07) is 0.0999. The van der Waals surface area contributed by atoms with E-state index in [-0.39, 0.29) is 30.2 Å². The van der Waals surface area contributed by atoms with Crippen molar-refractivity contribution in [1.29, 1.82) is 0 Å². The second-order valence-electron chi connectivity index (χ2n) is 3.55. The lowest BCUT2D eigenvalue weighted by atomic mass is 10.5. The number of hydrogen-bond acceptors (Lipinski definition) is 9. The van der Waals surface area contributed by atoms with Crippen molar-refractivity contribution < 1.29 is 13.2 Å². The minimum absolute atomic E-state index is 0.0695. The number of nitrogen functional groups attached to an aromatic ring is 1. The first-order valence-electron chi connectivity index (χ1n) is 5.54. The molecule has 0 unspecified atom stereocenters. The van der Waals surface area contributed by atoms with Gasteiger partial charge in [-0.1, -0.05) is 6.92 Å². The highest BCUT2D eigenvalue weighted by Gasteiger charge is 2.08. The fourth-order valence-electron chi connectivity index (χ4n) is 1.06. The highest BCUT2D eigenvalue weighted by Crippen LogP contribution is 2.10. The zero-order chi connectivity index (χ0) is 14.3. The minimum Gasteiger partial charge on any atom is -0.463 e. The third kappa shape index (κ3) is 6.13. The van der Waals surface area contributed by atoms with Crippen molar-refractivity contribution in [3.63, 3.8) is 0 Å². The van der Waals surface area contributed by atoms with Crippen molar-refractivity contribution >= 4 is 21.9 Å². The summed E-state index contributed by atoms with van der Waals surface area (Å²) in [7, 11) is -3.54. The van der Waals surface area contributed by atoms with Crippen LogP contribution in [0.1, 0.15) is 13.3 Å². The predicted octanol–water partition coefficient (Wildman–Crippen LogP) is -1.35. The van der Waals surface area contributed by atoms with Crippen LogP contribution in [0.5, 0.6) is 6.01 Å². The van der Waals surface area contributed by atoms with Crippen molar-refractivity contribution in [3.05, 3.63) is 0 Å². The smallest absolute Gasteiger partial charge is 0.323 e. The van der Waals surface area contributed by atoms with Crippen LogP contribution in [0.3, 0.4) is 0 Å². The minimum atomic E-state index is -3.54. The molecular formula is C8H17N7O3S. The molecule has 0 saturated heterocycles. The van der Waals surface area contributed by atoms with E-state index in [9.17, 15) is 8.42 Å². The summed E-state index contributed by atoms with van der Waals surface area (Å²) < 4.78 is 26.8. The van der Waals surface area contributed by atoms with E-state index in [1.807, 2.05) is 6.92 Å². The molecule has 0 aliphatic heterocycles. The standard InChI is InChI=1S/C8H17N7O3S/c1-2-4-18-8-13-6(12-7(14-8)15-9)11-3-5-19(10,16)17/h2-5,9H2,1H3,(H2,10,16,17)(H2,11,12,13,14,15). The largest absolute Gasteiger partial charge is 0.463 e. The summed E-state index contributed by atoms with van der Waals surface area (Å²) in [5.41, 5.74) is 2.27. The first-order chi connectivity index (χ1) is 8.94. The maximum absolute atomic E-state index is 10.8. The predicted molar refractivity (Wildman–Crippen MR) is 69.9 cm³/mol. The quantitative estimate of drug-likeness (QED) is 0.335. The lowest BCUT2D eigenvalue weighted by Crippen LogP contribution is -2.23. The van der Waals surface area contributed by atoms with Gasteiger partial charge in [-0.05, 0) is 6.42 Å². The normalized spacial score (nSPS) is 11.1. The van der Waals surface area contributed by atoms with Gasteiger partial charge in [-0.25, -0.2) is 19.4 Å². The van der Waals surface area contributed by atoms with Crippen LogP contribution in [-0.4, -0.2) is 42.3 Å². The van der Waals surface area contributed by atoms with Crippen LogP contribution in [0.2, 0.25) is 0 Å². The molecule has 1 heterocycles. The lowest BCUT2D eigenvalue weighted by Gasteiger charge is -2.08. The average Bonchev–Trinajstić information content (AvgIpc) is 2.34. The molecule has 0 radical (unpaired) electrons. The Balaban J connectivity index is 2.70. The SMILES string of the molecule is CCCOc1nc(NN)nc(NCCS(N)(=O)=O)n1. The number of nitrogens with one attached hydrogen (secondary N) is 2. The van der Waals surface area contributed by atoms with Gasteiger partial charge in [-0.3, -0.25) is 5.43 Å². The van der Waals surface area contributed by atoms with Crippen LogP contribution in [0.4, 0.5) is 11.9 Å². The van der Waals surface area contributed by atoms with Gasteiger partial charge in [-0.15, -0.1) is 0 Å². The van der Waals surface area contributed by atoms with Crippen molar-refractivity contribution in [2.75, 3.05) is 29.6 Å². The van der Waals surface area contributed by atoms with Gasteiger partial charge in [0.25, 0.3) is 0 Å². The number of nitrogens with zero attached hydrogens (tertiary/aromatic N) is 3. The summed E-state index contributed by atoms with van der Waals surface area (Å²) in [6.45, 7) is 2.46. The van der Waals surface area contributed by atoms with Crippen molar-refractivity contribution in [2.24, 2.45) is 11.0 Å². The Morgan fingerprint density at radius 1 is 1.26 bits per heavy atom. The van der Waals surface area contributed by atoms with Gasteiger partial charge in [0.15, 0.2) is 0 Å². The fraction of sp³-hybridized carbons (Fsp3) is 0.625. The summed E-state index contributed by atoms with van der Waals surface area (Å²) in [5.74, 6) is 5.23. The Labute approximate surface area is 111 Å². The Morgan fingerprint density at radius 2 is 1.95 bits per heavy atom. The molecule has 0 amide bonds. The molecule has 0 bridgehead atoms. The number of hydrazine groups is 1. The highest BCUT2D eigenvalue weighted by molar-refractivity contribution is 7.89. The zero-order valence-corrected chi connectivity index (χ0v) is 11.3. The van der Waals surface area contributed by atoms with Gasteiger partial charge >= 0.3 is 6.01 Å². The molecule has 1 rings (SSSR count). The number of anilines is 2. The number of hydrogen-bond donors (Lipinski definition) is 4. The summed E-state index contributed by atoms with van der Waals surface area (Å²) in [5, 5.41) is 7.57. The molecule has 0 atom stereocenters. The van der Waals surface area contributed by atoms with Crippen LogP contribution in [0.15, 0.2) is 0 Å². The van der Waals surface area contributed by atoms with Crippen LogP contribution in [0, 0.1) is 0 Å². The van der Waals surface area contributed by atoms with E-state index in [1.165, 1.54) is 0 Å². The van der Waals surface area contributed by atoms with Crippen molar-refractivity contribution in [3.8, 4) is 6.01 Å². The molecule has 0 saturated carbocycles.